The van der Waals surface area contributed by atoms with Gasteiger partial charge in [0.15, 0.2) is 11.6 Å². The number of nitrogens with zero attached hydrogens (tertiary/aromatic N) is 4. The molecule has 0 radical (unpaired) electrons. The minimum atomic E-state index is -0.968. The zero-order valence-corrected chi connectivity index (χ0v) is 21.5. The number of anilines is 2. The fourth-order valence-corrected chi connectivity index (χ4v) is 5.48. The first-order valence-corrected chi connectivity index (χ1v) is 13.0. The molecule has 2 aromatic carbocycles. The molecule has 1 atom stereocenters. The van der Waals surface area contributed by atoms with Crippen LogP contribution in [0.3, 0.4) is 0 Å². The van der Waals surface area contributed by atoms with Crippen molar-refractivity contribution in [1.82, 2.24) is 19.5 Å². The molecule has 10 heteroatoms. The molecule has 0 saturated carbocycles. The van der Waals surface area contributed by atoms with Gasteiger partial charge < -0.3 is 11.1 Å². The number of nitrogens with one attached hydrogen (secondary N) is 1. The molecule has 194 valence electrons. The highest BCUT2D eigenvalue weighted by atomic mass is 32.1. The van der Waals surface area contributed by atoms with Crippen LogP contribution in [0.1, 0.15) is 23.4 Å². The molecule has 6 rings (SSSR count). The van der Waals surface area contributed by atoms with Crippen molar-refractivity contribution in [3.05, 3.63) is 112 Å². The van der Waals surface area contributed by atoms with Crippen LogP contribution in [0.2, 0.25) is 0 Å². The molecular formula is C29H22F2N6OS. The van der Waals surface area contributed by atoms with Crippen molar-refractivity contribution in [2.45, 2.75) is 19.5 Å². The van der Waals surface area contributed by atoms with E-state index in [2.05, 4.69) is 20.3 Å². The lowest BCUT2D eigenvalue weighted by molar-refractivity contribution is 0.502. The van der Waals surface area contributed by atoms with E-state index in [0.717, 1.165) is 38.4 Å². The van der Waals surface area contributed by atoms with Crippen LogP contribution >= 0.6 is 11.3 Å². The molecule has 6 aromatic rings. The Kier molecular flexibility index (Phi) is 6.24. The van der Waals surface area contributed by atoms with Crippen molar-refractivity contribution < 1.29 is 8.78 Å². The van der Waals surface area contributed by atoms with Crippen LogP contribution in [0.15, 0.2) is 84.2 Å². The van der Waals surface area contributed by atoms with E-state index in [1.807, 2.05) is 30.3 Å². The number of pyridine rings is 2. The summed E-state index contributed by atoms with van der Waals surface area (Å²) in [5.74, 6) is -1.51. The molecule has 4 aromatic heterocycles. The Labute approximate surface area is 225 Å². The maximum Gasteiger partial charge on any atom is 0.265 e. The average Bonchev–Trinajstić information content (AvgIpc) is 3.42. The Bertz CT molecular complexity index is 1920. The largest absolute Gasteiger partial charge is 0.398 e. The topological polar surface area (TPSA) is 98.7 Å². The third kappa shape index (κ3) is 4.59. The Morgan fingerprint density at radius 2 is 1.79 bits per heavy atom. The molecule has 0 unspecified atom stereocenters. The summed E-state index contributed by atoms with van der Waals surface area (Å²) in [7, 11) is 0. The summed E-state index contributed by atoms with van der Waals surface area (Å²) in [5, 5.41) is 4.51. The van der Waals surface area contributed by atoms with Gasteiger partial charge in [-0.2, -0.15) is 0 Å². The van der Waals surface area contributed by atoms with Gasteiger partial charge >= 0.3 is 0 Å². The summed E-state index contributed by atoms with van der Waals surface area (Å²) in [5.41, 5.74) is 9.31. The summed E-state index contributed by atoms with van der Waals surface area (Å²) < 4.78 is 28.6. The highest BCUT2D eigenvalue weighted by Crippen LogP contribution is 2.32. The van der Waals surface area contributed by atoms with Crippen molar-refractivity contribution >= 4 is 44.6 Å². The molecule has 0 aliphatic rings. The number of thiophene rings is 1. The maximum atomic E-state index is 13.8. The van der Waals surface area contributed by atoms with Crippen molar-refractivity contribution in [2.24, 2.45) is 0 Å². The van der Waals surface area contributed by atoms with Crippen LogP contribution in [0.4, 0.5) is 20.3 Å². The Balaban J connectivity index is 1.28. The summed E-state index contributed by atoms with van der Waals surface area (Å²) in [4.78, 5) is 28.8. The van der Waals surface area contributed by atoms with Crippen molar-refractivity contribution in [3.8, 4) is 10.4 Å². The van der Waals surface area contributed by atoms with Gasteiger partial charge in [0.1, 0.15) is 11.2 Å². The summed E-state index contributed by atoms with van der Waals surface area (Å²) in [6, 6.07) is 16.6. The molecule has 0 bridgehead atoms. The normalized spacial score (nSPS) is 12.2. The van der Waals surface area contributed by atoms with E-state index in [4.69, 9.17) is 5.73 Å². The van der Waals surface area contributed by atoms with E-state index in [1.54, 1.807) is 42.8 Å². The molecule has 0 amide bonds. The van der Waals surface area contributed by atoms with Gasteiger partial charge in [-0.05, 0) is 66.6 Å². The van der Waals surface area contributed by atoms with Gasteiger partial charge in [-0.1, -0.05) is 12.1 Å². The van der Waals surface area contributed by atoms with Crippen molar-refractivity contribution in [2.75, 3.05) is 11.1 Å². The predicted molar refractivity (Wildman–Crippen MR) is 151 cm³/mol. The highest BCUT2D eigenvalue weighted by molar-refractivity contribution is 7.15. The van der Waals surface area contributed by atoms with Crippen LogP contribution in [0.5, 0.6) is 0 Å². The Morgan fingerprint density at radius 1 is 0.949 bits per heavy atom. The average molecular weight is 541 g/mol. The second-order valence-corrected chi connectivity index (χ2v) is 10.3. The lowest BCUT2D eigenvalue weighted by Crippen LogP contribution is -2.25. The fourth-order valence-electron chi connectivity index (χ4n) is 4.54. The third-order valence-corrected chi connectivity index (χ3v) is 7.83. The number of nitrogens with two attached hydrogens (primary N) is 1. The number of fused-ring (bicyclic) bond motifs is 2. The fraction of sp³-hybridized carbons (Fsp3) is 0.103. The summed E-state index contributed by atoms with van der Waals surface area (Å²) in [6.07, 6.45) is 4.70. The predicted octanol–water partition coefficient (Wildman–Crippen LogP) is 6.15. The molecule has 0 aliphatic carbocycles. The van der Waals surface area contributed by atoms with Crippen LogP contribution in [0, 0.1) is 11.6 Å². The quantitative estimate of drug-likeness (QED) is 0.263. The first-order chi connectivity index (χ1) is 18.9. The van der Waals surface area contributed by atoms with E-state index >= 15 is 0 Å². The molecule has 0 saturated heterocycles. The zero-order chi connectivity index (χ0) is 27.1. The first-order valence-electron chi connectivity index (χ1n) is 12.2. The minimum absolute atomic E-state index is 0.323. The molecule has 39 heavy (non-hydrogen) atoms. The molecule has 3 N–H and O–H groups in total. The zero-order valence-electron chi connectivity index (χ0n) is 20.7. The van der Waals surface area contributed by atoms with Crippen LogP contribution in [0.25, 0.3) is 32.2 Å². The van der Waals surface area contributed by atoms with E-state index in [1.165, 1.54) is 17.0 Å². The second-order valence-electron chi connectivity index (χ2n) is 9.11. The smallest absolute Gasteiger partial charge is 0.265 e. The molecule has 4 heterocycles. The molecular weight excluding hydrogens is 518 g/mol. The third-order valence-electron chi connectivity index (χ3n) is 6.69. The van der Waals surface area contributed by atoms with Gasteiger partial charge in [0, 0.05) is 33.2 Å². The maximum absolute atomic E-state index is 13.8. The number of hydrogen-bond acceptors (Lipinski definition) is 7. The molecule has 0 fully saturated rings. The van der Waals surface area contributed by atoms with Gasteiger partial charge in [0.25, 0.3) is 5.56 Å². The first kappa shape index (κ1) is 24.6. The van der Waals surface area contributed by atoms with E-state index < -0.39 is 17.7 Å². The Morgan fingerprint density at radius 3 is 2.64 bits per heavy atom. The van der Waals surface area contributed by atoms with E-state index in [-0.39, 0.29) is 5.56 Å². The second kappa shape index (κ2) is 9.88. The lowest BCUT2D eigenvalue weighted by atomic mass is 10.1. The lowest BCUT2D eigenvalue weighted by Gasteiger charge is -2.17. The molecule has 7 nitrogen and oxygen atoms in total. The van der Waals surface area contributed by atoms with Crippen molar-refractivity contribution in [3.63, 3.8) is 0 Å². The summed E-state index contributed by atoms with van der Waals surface area (Å²) >= 11 is 1.62. The molecule has 0 spiro atoms. The number of halogens is 2. The van der Waals surface area contributed by atoms with E-state index in [0.29, 0.717) is 34.5 Å². The number of benzene rings is 2. The number of nitrogen functional groups attached to an aromatic ring is 1. The van der Waals surface area contributed by atoms with Crippen LogP contribution < -0.4 is 16.6 Å². The van der Waals surface area contributed by atoms with Gasteiger partial charge in [-0.15, -0.1) is 11.3 Å². The summed E-state index contributed by atoms with van der Waals surface area (Å²) in [6.45, 7) is 2.18. The van der Waals surface area contributed by atoms with Crippen molar-refractivity contribution in [1.29, 1.82) is 0 Å². The van der Waals surface area contributed by atoms with E-state index in [9.17, 15) is 13.6 Å². The standard InChI is InChI=1S/C29H22F2N6OS/c1-16(17-2-5-21(30)22(31)13-17)37-15-36-25-9-11-34-28(27(25)29(37)38)35-14-19-4-7-26(39-19)18-3-6-24-20(12-18)23(32)8-10-33-24/h2-13,15-16H,14H2,1H3,(H2,32,33)(H,34,35)/t16-/m0/s1. The minimum Gasteiger partial charge on any atom is -0.398 e. The van der Waals surface area contributed by atoms with Crippen LogP contribution in [-0.2, 0) is 6.54 Å². The van der Waals surface area contributed by atoms with Gasteiger partial charge in [-0.3, -0.25) is 14.3 Å². The molecule has 0 aliphatic heterocycles. The van der Waals surface area contributed by atoms with Gasteiger partial charge in [0.2, 0.25) is 0 Å². The van der Waals surface area contributed by atoms with Crippen LogP contribution in [-0.4, -0.2) is 19.5 Å². The highest BCUT2D eigenvalue weighted by Gasteiger charge is 2.17. The SMILES string of the molecule is C[C@@H](c1ccc(F)c(F)c1)n1cnc2ccnc(NCc3ccc(-c4ccc5nccc(N)c5c4)s3)c2c1=O. The number of aromatic nitrogens is 4. The monoisotopic (exact) mass is 540 g/mol. The van der Waals surface area contributed by atoms with Gasteiger partial charge in [-0.25, -0.2) is 18.7 Å². The number of rotatable bonds is 6. The Hall–Kier alpha value is -4.70. The number of hydrogen-bond donors (Lipinski definition) is 2. The van der Waals surface area contributed by atoms with Gasteiger partial charge in [0.05, 0.1) is 29.9 Å².